The molecule has 3 N–H and O–H groups in total. The normalized spacial score (nSPS) is 17.7. The molecule has 136 valence electrons. The third kappa shape index (κ3) is 4.61. The van der Waals surface area contributed by atoms with Crippen LogP contribution in [0.2, 0.25) is 0 Å². The molecule has 0 spiro atoms. The molecule has 0 bridgehead atoms. The van der Waals surface area contributed by atoms with E-state index in [1.165, 1.54) is 10.5 Å². The van der Waals surface area contributed by atoms with Crippen molar-refractivity contribution in [2.75, 3.05) is 19.6 Å². The Morgan fingerprint density at radius 3 is 2.19 bits per heavy atom. The molecule has 6 heteroatoms. The van der Waals surface area contributed by atoms with Crippen LogP contribution in [0.15, 0.2) is 60.7 Å². The zero-order valence-electron chi connectivity index (χ0n) is 14.7. The molecule has 1 fully saturated rings. The van der Waals surface area contributed by atoms with Crippen LogP contribution >= 0.6 is 0 Å². The molecule has 1 saturated heterocycles. The Morgan fingerprint density at radius 1 is 0.962 bits per heavy atom. The van der Waals surface area contributed by atoms with Gasteiger partial charge in [-0.2, -0.15) is 0 Å². The average Bonchev–Trinajstić information content (AvgIpc) is 2.67. The summed E-state index contributed by atoms with van der Waals surface area (Å²) in [6, 6.07) is 18.7. The number of nitrogens with one attached hydrogen (secondary N) is 1. The molecule has 1 aliphatic rings. The van der Waals surface area contributed by atoms with E-state index in [0.717, 1.165) is 12.1 Å². The Bertz CT molecular complexity index is 736. The topological polar surface area (TPSA) is 78.7 Å². The molecule has 6 nitrogen and oxygen atoms in total. The molecule has 0 radical (unpaired) electrons. The predicted octanol–water partition coefficient (Wildman–Crippen LogP) is 1.57. The van der Waals surface area contributed by atoms with Gasteiger partial charge in [-0.15, -0.1) is 0 Å². The van der Waals surface area contributed by atoms with Gasteiger partial charge in [0.15, 0.2) is 0 Å². The summed E-state index contributed by atoms with van der Waals surface area (Å²) in [4.78, 5) is 28.1. The predicted molar refractivity (Wildman–Crippen MR) is 100 cm³/mol. The minimum atomic E-state index is -0.575. The number of nitrogens with zero attached hydrogens (tertiary/aromatic N) is 2. The van der Waals surface area contributed by atoms with Crippen molar-refractivity contribution in [2.24, 2.45) is 5.73 Å². The summed E-state index contributed by atoms with van der Waals surface area (Å²) < 4.78 is 0. The van der Waals surface area contributed by atoms with Gasteiger partial charge in [-0.1, -0.05) is 60.7 Å². The Balaban J connectivity index is 1.64. The lowest BCUT2D eigenvalue weighted by Crippen LogP contribution is -2.61. The molecule has 0 aliphatic carbocycles. The Labute approximate surface area is 153 Å². The first-order chi connectivity index (χ1) is 12.6. The Hall–Kier alpha value is -2.86. The fraction of sp³-hybridized carbons (Fsp3) is 0.300. The second-order valence-corrected chi connectivity index (χ2v) is 6.47. The Kier molecular flexibility index (Phi) is 5.86. The van der Waals surface area contributed by atoms with Gasteiger partial charge in [-0.05, 0) is 11.1 Å². The first-order valence-corrected chi connectivity index (χ1v) is 8.77. The molecule has 0 unspecified atom stereocenters. The van der Waals surface area contributed by atoms with E-state index >= 15 is 0 Å². The fourth-order valence-corrected chi connectivity index (χ4v) is 3.22. The van der Waals surface area contributed by atoms with E-state index in [4.69, 9.17) is 5.73 Å². The monoisotopic (exact) mass is 352 g/mol. The number of carbonyl (C=O) groups is 2. The highest BCUT2D eigenvalue weighted by Gasteiger charge is 2.34. The summed E-state index contributed by atoms with van der Waals surface area (Å²) >= 11 is 0. The number of nitrogens with two attached hydrogens (primary N) is 1. The first-order valence-electron chi connectivity index (χ1n) is 8.77. The highest BCUT2D eigenvalue weighted by Crippen LogP contribution is 2.14. The number of carbonyl (C=O) groups excluding carboxylic acids is 2. The third-order valence-corrected chi connectivity index (χ3v) is 4.61. The van der Waals surface area contributed by atoms with Crippen LogP contribution in [-0.2, 0) is 17.9 Å². The number of rotatable bonds is 5. The van der Waals surface area contributed by atoms with Crippen molar-refractivity contribution in [1.82, 2.24) is 15.1 Å². The van der Waals surface area contributed by atoms with Crippen molar-refractivity contribution in [3.63, 3.8) is 0 Å². The highest BCUT2D eigenvalue weighted by atomic mass is 16.2. The van der Waals surface area contributed by atoms with Crippen molar-refractivity contribution < 1.29 is 9.59 Å². The van der Waals surface area contributed by atoms with Gasteiger partial charge < -0.3 is 16.0 Å². The average molecular weight is 352 g/mol. The van der Waals surface area contributed by atoms with Gasteiger partial charge in [0.1, 0.15) is 6.04 Å². The van der Waals surface area contributed by atoms with Gasteiger partial charge in [0.25, 0.3) is 0 Å². The molecule has 3 amide bonds. The SMILES string of the molecule is NC(=O)N1CCN(Cc2ccccc2)C[C@@H]1C(=O)NCc1ccccc1. The quantitative estimate of drug-likeness (QED) is 0.857. The van der Waals surface area contributed by atoms with Gasteiger partial charge in [0, 0.05) is 32.7 Å². The van der Waals surface area contributed by atoms with Crippen LogP contribution in [0.25, 0.3) is 0 Å². The molecule has 1 atom stereocenters. The van der Waals surface area contributed by atoms with Crippen LogP contribution in [0.1, 0.15) is 11.1 Å². The first kappa shape index (κ1) is 17.9. The zero-order chi connectivity index (χ0) is 18.4. The number of primary amides is 1. The third-order valence-electron chi connectivity index (χ3n) is 4.61. The van der Waals surface area contributed by atoms with E-state index in [1.807, 2.05) is 48.5 Å². The van der Waals surface area contributed by atoms with Crippen LogP contribution in [0.3, 0.4) is 0 Å². The lowest BCUT2D eigenvalue weighted by Gasteiger charge is -2.39. The van der Waals surface area contributed by atoms with Crippen LogP contribution in [-0.4, -0.2) is 47.4 Å². The molecule has 3 rings (SSSR count). The molecule has 1 aliphatic heterocycles. The van der Waals surface area contributed by atoms with Crippen LogP contribution in [0.5, 0.6) is 0 Å². The number of benzene rings is 2. The number of urea groups is 1. The Morgan fingerprint density at radius 2 is 1.58 bits per heavy atom. The fourth-order valence-electron chi connectivity index (χ4n) is 3.22. The van der Waals surface area contributed by atoms with Crippen molar-refractivity contribution in [3.05, 3.63) is 71.8 Å². The molecule has 1 heterocycles. The molecule has 2 aromatic carbocycles. The summed E-state index contributed by atoms with van der Waals surface area (Å²) in [7, 11) is 0. The van der Waals surface area contributed by atoms with Gasteiger partial charge in [0.05, 0.1) is 0 Å². The summed E-state index contributed by atoms with van der Waals surface area (Å²) in [5.74, 6) is -0.176. The van der Waals surface area contributed by atoms with Crippen LogP contribution in [0.4, 0.5) is 4.79 Å². The molecule has 26 heavy (non-hydrogen) atoms. The van der Waals surface area contributed by atoms with E-state index < -0.39 is 12.1 Å². The lowest BCUT2D eigenvalue weighted by atomic mass is 10.1. The maximum Gasteiger partial charge on any atom is 0.315 e. The second kappa shape index (κ2) is 8.49. The summed E-state index contributed by atoms with van der Waals surface area (Å²) in [6.07, 6.45) is 0. The molecule has 0 saturated carbocycles. The van der Waals surface area contributed by atoms with E-state index in [0.29, 0.717) is 26.2 Å². The van der Waals surface area contributed by atoms with E-state index in [9.17, 15) is 9.59 Å². The van der Waals surface area contributed by atoms with Crippen molar-refractivity contribution in [1.29, 1.82) is 0 Å². The molecular weight excluding hydrogens is 328 g/mol. The maximum absolute atomic E-state index is 12.7. The van der Waals surface area contributed by atoms with Crippen molar-refractivity contribution in [2.45, 2.75) is 19.1 Å². The minimum absolute atomic E-state index is 0.176. The summed E-state index contributed by atoms with van der Waals surface area (Å²) in [6.45, 7) is 2.79. The number of hydrogen-bond donors (Lipinski definition) is 2. The van der Waals surface area contributed by atoms with E-state index in [1.54, 1.807) is 0 Å². The number of amides is 3. The van der Waals surface area contributed by atoms with Gasteiger partial charge in [-0.3, -0.25) is 9.69 Å². The minimum Gasteiger partial charge on any atom is -0.351 e. The standard InChI is InChI=1S/C20H24N4O2/c21-20(26)24-12-11-23(14-17-9-5-2-6-10-17)15-18(24)19(25)22-13-16-7-3-1-4-8-16/h1-10,18H,11-15H2,(H2,21,26)(H,22,25)/t18-/m1/s1. The number of hydrogen-bond acceptors (Lipinski definition) is 3. The van der Waals surface area contributed by atoms with Gasteiger partial charge >= 0.3 is 6.03 Å². The van der Waals surface area contributed by atoms with Crippen LogP contribution < -0.4 is 11.1 Å². The highest BCUT2D eigenvalue weighted by molar-refractivity contribution is 5.87. The maximum atomic E-state index is 12.7. The largest absolute Gasteiger partial charge is 0.351 e. The smallest absolute Gasteiger partial charge is 0.315 e. The lowest BCUT2D eigenvalue weighted by molar-refractivity contribution is -0.127. The summed E-state index contributed by atoms with van der Waals surface area (Å²) in [5.41, 5.74) is 7.69. The number of piperazine rings is 1. The van der Waals surface area contributed by atoms with E-state index in [2.05, 4.69) is 22.3 Å². The van der Waals surface area contributed by atoms with Crippen molar-refractivity contribution in [3.8, 4) is 0 Å². The van der Waals surface area contributed by atoms with Crippen molar-refractivity contribution >= 4 is 11.9 Å². The van der Waals surface area contributed by atoms with Gasteiger partial charge in [-0.25, -0.2) is 4.79 Å². The second-order valence-electron chi connectivity index (χ2n) is 6.47. The van der Waals surface area contributed by atoms with E-state index in [-0.39, 0.29) is 5.91 Å². The molecular formula is C20H24N4O2. The summed E-state index contributed by atoms with van der Waals surface area (Å²) in [5, 5.41) is 2.92. The molecule has 2 aromatic rings. The van der Waals surface area contributed by atoms with Crippen LogP contribution in [0, 0.1) is 0 Å². The molecule has 0 aromatic heterocycles. The van der Waals surface area contributed by atoms with Gasteiger partial charge in [0.2, 0.25) is 5.91 Å². The zero-order valence-corrected chi connectivity index (χ0v) is 14.7.